The summed E-state index contributed by atoms with van der Waals surface area (Å²) < 4.78 is 25.3. The van der Waals surface area contributed by atoms with Crippen LogP contribution in [-0.4, -0.2) is 13.7 Å². The lowest BCUT2D eigenvalue weighted by Crippen LogP contribution is -2.00. The Kier molecular flexibility index (Phi) is 5.82. The van der Waals surface area contributed by atoms with Gasteiger partial charge in [-0.1, -0.05) is 32.4 Å². The van der Waals surface area contributed by atoms with Gasteiger partial charge in [-0.25, -0.2) is 4.39 Å². The number of benzene rings is 2. The monoisotopic (exact) mass is 302 g/mol. The van der Waals surface area contributed by atoms with Crippen LogP contribution in [0.1, 0.15) is 32.3 Å². The molecule has 0 spiro atoms. The van der Waals surface area contributed by atoms with Crippen LogP contribution in [0.5, 0.6) is 11.5 Å². The molecule has 0 aliphatic rings. The maximum absolute atomic E-state index is 14.2. The van der Waals surface area contributed by atoms with Crippen molar-refractivity contribution in [3.63, 3.8) is 0 Å². The van der Waals surface area contributed by atoms with Gasteiger partial charge in [-0.3, -0.25) is 0 Å². The summed E-state index contributed by atoms with van der Waals surface area (Å²) in [4.78, 5) is 0. The van der Waals surface area contributed by atoms with E-state index in [9.17, 15) is 4.39 Å². The molecule has 2 rings (SSSR count). The standard InChI is InChI=1S/C19H23FO2/c1-4-6-11-22-19-12-14(5-2)7-9-16(19)17-13-15(21-3)8-10-18(17)20/h7-10,12-13H,4-6,11H2,1-3H3. The van der Waals surface area contributed by atoms with Crippen molar-refractivity contribution >= 4 is 0 Å². The summed E-state index contributed by atoms with van der Waals surface area (Å²) in [6, 6.07) is 10.7. The maximum atomic E-state index is 14.2. The van der Waals surface area contributed by atoms with Crippen LogP contribution in [0.2, 0.25) is 0 Å². The summed E-state index contributed by atoms with van der Waals surface area (Å²) in [6.45, 7) is 4.85. The predicted molar refractivity (Wildman–Crippen MR) is 88.2 cm³/mol. The Morgan fingerprint density at radius 3 is 2.50 bits per heavy atom. The summed E-state index contributed by atoms with van der Waals surface area (Å²) in [5.41, 5.74) is 2.46. The third-order valence-electron chi connectivity index (χ3n) is 3.67. The third kappa shape index (κ3) is 3.79. The first-order chi connectivity index (χ1) is 10.7. The Balaban J connectivity index is 2.44. The van der Waals surface area contributed by atoms with Gasteiger partial charge in [0.15, 0.2) is 0 Å². The Morgan fingerprint density at radius 2 is 1.82 bits per heavy atom. The minimum absolute atomic E-state index is 0.273. The van der Waals surface area contributed by atoms with Gasteiger partial charge >= 0.3 is 0 Å². The summed E-state index contributed by atoms with van der Waals surface area (Å²) in [5, 5.41) is 0. The second-order valence-electron chi connectivity index (χ2n) is 5.23. The highest BCUT2D eigenvalue weighted by Crippen LogP contribution is 2.35. The van der Waals surface area contributed by atoms with Crippen molar-refractivity contribution in [1.29, 1.82) is 0 Å². The molecule has 2 aromatic carbocycles. The van der Waals surface area contributed by atoms with Gasteiger partial charge in [-0.05, 0) is 42.7 Å². The second-order valence-corrected chi connectivity index (χ2v) is 5.23. The maximum Gasteiger partial charge on any atom is 0.131 e. The van der Waals surface area contributed by atoms with Gasteiger partial charge in [-0.2, -0.15) is 0 Å². The van der Waals surface area contributed by atoms with E-state index in [0.717, 1.165) is 30.6 Å². The Morgan fingerprint density at radius 1 is 1.00 bits per heavy atom. The number of rotatable bonds is 7. The van der Waals surface area contributed by atoms with Gasteiger partial charge in [0.25, 0.3) is 0 Å². The first kappa shape index (κ1) is 16.3. The average molecular weight is 302 g/mol. The van der Waals surface area contributed by atoms with E-state index >= 15 is 0 Å². The van der Waals surface area contributed by atoms with E-state index < -0.39 is 0 Å². The zero-order chi connectivity index (χ0) is 15.9. The molecule has 22 heavy (non-hydrogen) atoms. The Bertz CT molecular complexity index is 623. The summed E-state index contributed by atoms with van der Waals surface area (Å²) in [7, 11) is 1.58. The van der Waals surface area contributed by atoms with Crippen LogP contribution in [0.4, 0.5) is 4.39 Å². The van der Waals surface area contributed by atoms with Crippen molar-refractivity contribution in [2.75, 3.05) is 13.7 Å². The second kappa shape index (κ2) is 7.83. The lowest BCUT2D eigenvalue weighted by Gasteiger charge is -2.14. The molecule has 3 heteroatoms. The molecule has 2 aromatic rings. The Labute approximate surface area is 131 Å². The number of unbranched alkanes of at least 4 members (excludes halogenated alkanes) is 1. The first-order valence-corrected chi connectivity index (χ1v) is 7.79. The highest BCUT2D eigenvalue weighted by atomic mass is 19.1. The molecule has 0 fully saturated rings. The fraction of sp³-hybridized carbons (Fsp3) is 0.368. The van der Waals surface area contributed by atoms with Crippen LogP contribution in [0, 0.1) is 5.82 Å². The average Bonchev–Trinajstić information content (AvgIpc) is 2.55. The van der Waals surface area contributed by atoms with Crippen molar-refractivity contribution in [2.45, 2.75) is 33.1 Å². The molecule has 0 bridgehead atoms. The van der Waals surface area contributed by atoms with Crippen LogP contribution >= 0.6 is 0 Å². The molecular formula is C19H23FO2. The van der Waals surface area contributed by atoms with Crippen molar-refractivity contribution in [3.05, 3.63) is 47.8 Å². The van der Waals surface area contributed by atoms with E-state index in [1.165, 1.54) is 11.6 Å². The number of methoxy groups -OCH3 is 1. The normalized spacial score (nSPS) is 10.5. The van der Waals surface area contributed by atoms with Crippen LogP contribution in [0.25, 0.3) is 11.1 Å². The molecular weight excluding hydrogens is 279 g/mol. The highest BCUT2D eigenvalue weighted by Gasteiger charge is 2.13. The van der Waals surface area contributed by atoms with Gasteiger partial charge in [0, 0.05) is 11.1 Å². The molecule has 0 unspecified atom stereocenters. The van der Waals surface area contributed by atoms with E-state index in [0.29, 0.717) is 17.9 Å². The smallest absolute Gasteiger partial charge is 0.131 e. The number of hydrogen-bond donors (Lipinski definition) is 0. The molecule has 0 amide bonds. The molecule has 118 valence electrons. The van der Waals surface area contributed by atoms with Crippen LogP contribution < -0.4 is 9.47 Å². The topological polar surface area (TPSA) is 18.5 Å². The van der Waals surface area contributed by atoms with Gasteiger partial charge in [0.1, 0.15) is 17.3 Å². The third-order valence-corrected chi connectivity index (χ3v) is 3.67. The summed E-state index contributed by atoms with van der Waals surface area (Å²) in [6.07, 6.45) is 2.97. The molecule has 0 heterocycles. The van der Waals surface area contributed by atoms with Crippen LogP contribution in [0.3, 0.4) is 0 Å². The molecule has 0 saturated carbocycles. The largest absolute Gasteiger partial charge is 0.497 e. The first-order valence-electron chi connectivity index (χ1n) is 7.79. The van der Waals surface area contributed by atoms with E-state index in [1.807, 2.05) is 18.2 Å². The number of aryl methyl sites for hydroxylation is 1. The SMILES string of the molecule is CCCCOc1cc(CC)ccc1-c1cc(OC)ccc1F. The number of hydrogen-bond acceptors (Lipinski definition) is 2. The predicted octanol–water partition coefficient (Wildman–Crippen LogP) is 5.24. The van der Waals surface area contributed by atoms with E-state index in [1.54, 1.807) is 19.2 Å². The van der Waals surface area contributed by atoms with Crippen molar-refractivity contribution in [2.24, 2.45) is 0 Å². The number of ether oxygens (including phenoxy) is 2. The fourth-order valence-electron chi connectivity index (χ4n) is 2.29. The zero-order valence-electron chi connectivity index (χ0n) is 13.5. The summed E-state index contributed by atoms with van der Waals surface area (Å²) in [5.74, 6) is 1.10. The van der Waals surface area contributed by atoms with E-state index in [-0.39, 0.29) is 5.82 Å². The molecule has 0 atom stereocenters. The lowest BCUT2D eigenvalue weighted by atomic mass is 10.0. The minimum atomic E-state index is -0.273. The molecule has 0 aliphatic heterocycles. The molecule has 0 saturated heterocycles. The lowest BCUT2D eigenvalue weighted by molar-refractivity contribution is 0.310. The van der Waals surface area contributed by atoms with Gasteiger partial charge in [0.2, 0.25) is 0 Å². The van der Waals surface area contributed by atoms with Gasteiger partial charge in [0.05, 0.1) is 13.7 Å². The van der Waals surface area contributed by atoms with Gasteiger partial charge < -0.3 is 9.47 Å². The van der Waals surface area contributed by atoms with Crippen molar-refractivity contribution < 1.29 is 13.9 Å². The van der Waals surface area contributed by atoms with Gasteiger partial charge in [-0.15, -0.1) is 0 Å². The number of halogens is 1. The molecule has 0 aliphatic carbocycles. The highest BCUT2D eigenvalue weighted by molar-refractivity contribution is 5.72. The Hall–Kier alpha value is -2.03. The minimum Gasteiger partial charge on any atom is -0.497 e. The molecule has 0 aromatic heterocycles. The van der Waals surface area contributed by atoms with E-state index in [4.69, 9.17) is 9.47 Å². The van der Waals surface area contributed by atoms with E-state index in [2.05, 4.69) is 13.8 Å². The van der Waals surface area contributed by atoms with Crippen molar-refractivity contribution in [1.82, 2.24) is 0 Å². The fourth-order valence-corrected chi connectivity index (χ4v) is 2.29. The van der Waals surface area contributed by atoms with Crippen LogP contribution in [0.15, 0.2) is 36.4 Å². The quantitative estimate of drug-likeness (QED) is 0.651. The zero-order valence-corrected chi connectivity index (χ0v) is 13.5. The molecule has 2 nitrogen and oxygen atoms in total. The molecule has 0 radical (unpaired) electrons. The molecule has 0 N–H and O–H groups in total. The van der Waals surface area contributed by atoms with Crippen LogP contribution in [-0.2, 0) is 6.42 Å². The summed E-state index contributed by atoms with van der Waals surface area (Å²) >= 11 is 0. The van der Waals surface area contributed by atoms with Crippen molar-refractivity contribution in [3.8, 4) is 22.6 Å².